The van der Waals surface area contributed by atoms with Gasteiger partial charge in [-0.25, -0.2) is 4.98 Å². The van der Waals surface area contributed by atoms with Crippen LogP contribution in [-0.4, -0.2) is 23.0 Å². The van der Waals surface area contributed by atoms with Crippen LogP contribution in [0.15, 0.2) is 21.2 Å². The highest BCUT2D eigenvalue weighted by Crippen LogP contribution is 2.26. The van der Waals surface area contributed by atoms with Crippen LogP contribution in [0.25, 0.3) is 0 Å². The number of thioether (sulfide) groups is 1. The van der Waals surface area contributed by atoms with Crippen molar-refractivity contribution in [3.05, 3.63) is 21.2 Å². The second-order valence-electron chi connectivity index (χ2n) is 3.59. The summed E-state index contributed by atoms with van der Waals surface area (Å²) in [7, 11) is 0. The maximum absolute atomic E-state index is 4.33. The zero-order valence-electron chi connectivity index (χ0n) is 8.17. The highest BCUT2D eigenvalue weighted by Gasteiger charge is 2.15. The SMILES string of the molecule is Brc1cnc(NCC2CCSC2)c(Br)c1. The number of anilines is 1. The van der Waals surface area contributed by atoms with Gasteiger partial charge in [-0.15, -0.1) is 0 Å². The summed E-state index contributed by atoms with van der Waals surface area (Å²) in [5.74, 6) is 4.32. The molecule has 1 aliphatic rings. The Morgan fingerprint density at radius 3 is 3.07 bits per heavy atom. The smallest absolute Gasteiger partial charge is 0.140 e. The molecule has 0 amide bonds. The Balaban J connectivity index is 1.92. The fraction of sp³-hybridized carbons (Fsp3) is 0.500. The van der Waals surface area contributed by atoms with Crippen LogP contribution in [0.4, 0.5) is 5.82 Å². The molecule has 82 valence electrons. The molecule has 2 heterocycles. The second kappa shape index (κ2) is 5.55. The Bertz CT molecular complexity index is 340. The first kappa shape index (κ1) is 11.7. The Hall–Kier alpha value is 0.260. The lowest BCUT2D eigenvalue weighted by Gasteiger charge is -2.11. The zero-order chi connectivity index (χ0) is 10.7. The molecule has 0 aromatic carbocycles. The summed E-state index contributed by atoms with van der Waals surface area (Å²) in [5.41, 5.74) is 0. The van der Waals surface area contributed by atoms with Gasteiger partial charge in [0.15, 0.2) is 0 Å². The van der Waals surface area contributed by atoms with Gasteiger partial charge in [0.05, 0.1) is 4.47 Å². The van der Waals surface area contributed by atoms with Gasteiger partial charge in [-0.3, -0.25) is 0 Å². The maximum atomic E-state index is 4.33. The van der Waals surface area contributed by atoms with Gasteiger partial charge in [-0.1, -0.05) is 0 Å². The van der Waals surface area contributed by atoms with Crippen LogP contribution in [-0.2, 0) is 0 Å². The molecule has 1 fully saturated rings. The fourth-order valence-electron chi connectivity index (χ4n) is 1.53. The molecule has 0 bridgehead atoms. The normalized spacial score (nSPS) is 20.5. The number of rotatable bonds is 3. The Labute approximate surface area is 111 Å². The summed E-state index contributed by atoms with van der Waals surface area (Å²) < 4.78 is 2.01. The van der Waals surface area contributed by atoms with E-state index in [9.17, 15) is 0 Å². The lowest BCUT2D eigenvalue weighted by Crippen LogP contribution is -2.14. The second-order valence-corrected chi connectivity index (χ2v) is 6.51. The molecule has 1 aliphatic heterocycles. The summed E-state index contributed by atoms with van der Waals surface area (Å²) in [4.78, 5) is 4.33. The van der Waals surface area contributed by atoms with Gasteiger partial charge in [0.1, 0.15) is 5.82 Å². The number of halogens is 2. The molecule has 0 radical (unpaired) electrons. The van der Waals surface area contributed by atoms with Crippen LogP contribution >= 0.6 is 43.6 Å². The summed E-state index contributed by atoms with van der Waals surface area (Å²) in [6, 6.07) is 2.01. The van der Waals surface area contributed by atoms with Crippen molar-refractivity contribution < 1.29 is 0 Å². The summed E-state index contributed by atoms with van der Waals surface area (Å²) in [6.07, 6.45) is 3.14. The van der Waals surface area contributed by atoms with E-state index in [-0.39, 0.29) is 0 Å². The fourth-order valence-corrected chi connectivity index (χ4v) is 3.94. The van der Waals surface area contributed by atoms with E-state index < -0.39 is 0 Å². The predicted octanol–water partition coefficient (Wildman–Crippen LogP) is 3.77. The van der Waals surface area contributed by atoms with Crippen molar-refractivity contribution in [3.63, 3.8) is 0 Å². The molecule has 0 spiro atoms. The van der Waals surface area contributed by atoms with Crippen molar-refractivity contribution in [2.45, 2.75) is 6.42 Å². The third-order valence-electron chi connectivity index (χ3n) is 2.39. The van der Waals surface area contributed by atoms with Gasteiger partial charge in [0.25, 0.3) is 0 Å². The first-order valence-corrected chi connectivity index (χ1v) is 7.62. The summed E-state index contributed by atoms with van der Waals surface area (Å²) >= 11 is 8.93. The van der Waals surface area contributed by atoms with Gasteiger partial charge in [0, 0.05) is 17.2 Å². The van der Waals surface area contributed by atoms with Crippen molar-refractivity contribution in [2.24, 2.45) is 5.92 Å². The topological polar surface area (TPSA) is 24.9 Å². The minimum Gasteiger partial charge on any atom is -0.369 e. The van der Waals surface area contributed by atoms with Gasteiger partial charge in [-0.2, -0.15) is 11.8 Å². The summed E-state index contributed by atoms with van der Waals surface area (Å²) in [6.45, 7) is 1.03. The van der Waals surface area contributed by atoms with Crippen molar-refractivity contribution in [1.82, 2.24) is 4.98 Å². The molecule has 2 rings (SSSR count). The quantitative estimate of drug-likeness (QED) is 0.897. The minimum absolute atomic E-state index is 0.798. The molecule has 5 heteroatoms. The molecule has 1 unspecified atom stereocenters. The van der Waals surface area contributed by atoms with Gasteiger partial charge >= 0.3 is 0 Å². The molecule has 2 nitrogen and oxygen atoms in total. The molecule has 15 heavy (non-hydrogen) atoms. The Kier molecular flexibility index (Phi) is 4.34. The predicted molar refractivity (Wildman–Crippen MR) is 73.6 cm³/mol. The average Bonchev–Trinajstić information content (AvgIpc) is 2.69. The molecule has 1 aromatic heterocycles. The molecule has 0 aliphatic carbocycles. The van der Waals surface area contributed by atoms with Crippen LogP contribution in [0.1, 0.15) is 6.42 Å². The lowest BCUT2D eigenvalue weighted by molar-refractivity contribution is 0.630. The van der Waals surface area contributed by atoms with E-state index in [0.29, 0.717) is 0 Å². The first-order chi connectivity index (χ1) is 7.25. The van der Waals surface area contributed by atoms with Gasteiger partial charge < -0.3 is 5.32 Å². The molecule has 1 saturated heterocycles. The van der Waals surface area contributed by atoms with Crippen molar-refractivity contribution in [1.29, 1.82) is 0 Å². The van der Waals surface area contributed by atoms with Crippen molar-refractivity contribution >= 4 is 49.4 Å². The Morgan fingerprint density at radius 2 is 2.40 bits per heavy atom. The van der Waals surface area contributed by atoms with E-state index >= 15 is 0 Å². The largest absolute Gasteiger partial charge is 0.369 e. The van der Waals surface area contributed by atoms with Crippen LogP contribution in [0, 0.1) is 5.92 Å². The number of aromatic nitrogens is 1. The monoisotopic (exact) mass is 350 g/mol. The van der Waals surface area contributed by atoms with Crippen molar-refractivity contribution in [3.8, 4) is 0 Å². The molecule has 1 N–H and O–H groups in total. The summed E-state index contributed by atoms with van der Waals surface area (Å²) in [5, 5.41) is 3.39. The molecule has 1 aromatic rings. The van der Waals surface area contributed by atoms with Crippen LogP contribution in [0.5, 0.6) is 0 Å². The number of nitrogens with one attached hydrogen (secondary N) is 1. The zero-order valence-corrected chi connectivity index (χ0v) is 12.2. The molecular formula is C10H12Br2N2S. The standard InChI is InChI=1S/C10H12Br2N2S/c11-8-3-9(12)10(14-5-8)13-4-7-1-2-15-6-7/h3,5,7H,1-2,4,6H2,(H,13,14). The van der Waals surface area contributed by atoms with E-state index in [0.717, 1.165) is 27.2 Å². The van der Waals surface area contributed by atoms with Crippen LogP contribution < -0.4 is 5.32 Å². The van der Waals surface area contributed by atoms with Crippen LogP contribution in [0.3, 0.4) is 0 Å². The molecular weight excluding hydrogens is 340 g/mol. The van der Waals surface area contributed by atoms with Gasteiger partial charge in [-0.05, 0) is 61.8 Å². The number of hydrogen-bond donors (Lipinski definition) is 1. The number of nitrogens with zero attached hydrogens (tertiary/aromatic N) is 1. The lowest BCUT2D eigenvalue weighted by atomic mass is 10.1. The third-order valence-corrected chi connectivity index (χ3v) is 4.66. The van der Waals surface area contributed by atoms with E-state index in [1.807, 2.05) is 24.0 Å². The highest BCUT2D eigenvalue weighted by molar-refractivity contribution is 9.11. The first-order valence-electron chi connectivity index (χ1n) is 4.88. The van der Waals surface area contributed by atoms with E-state index in [1.54, 1.807) is 0 Å². The minimum atomic E-state index is 0.798. The number of hydrogen-bond acceptors (Lipinski definition) is 3. The molecule has 0 saturated carbocycles. The highest BCUT2D eigenvalue weighted by atomic mass is 79.9. The number of pyridine rings is 1. The van der Waals surface area contributed by atoms with Crippen molar-refractivity contribution in [2.75, 3.05) is 23.4 Å². The Morgan fingerprint density at radius 1 is 1.53 bits per heavy atom. The average molecular weight is 352 g/mol. The van der Waals surface area contributed by atoms with E-state index in [4.69, 9.17) is 0 Å². The van der Waals surface area contributed by atoms with E-state index in [2.05, 4.69) is 42.2 Å². The van der Waals surface area contributed by atoms with E-state index in [1.165, 1.54) is 17.9 Å². The molecule has 1 atom stereocenters. The third kappa shape index (κ3) is 3.36. The van der Waals surface area contributed by atoms with Crippen LogP contribution in [0.2, 0.25) is 0 Å². The maximum Gasteiger partial charge on any atom is 0.140 e. The van der Waals surface area contributed by atoms with Gasteiger partial charge in [0.2, 0.25) is 0 Å².